The lowest BCUT2D eigenvalue weighted by atomic mass is 10.0. The topological polar surface area (TPSA) is 49.4 Å². The highest BCUT2D eigenvalue weighted by Crippen LogP contribution is 2.42. The number of carbonyl (C=O) groups excluding carboxylic acids is 2. The quantitative estimate of drug-likeness (QED) is 0.469. The third-order valence-electron chi connectivity index (χ3n) is 5.48. The number of hydrogen-bond acceptors (Lipinski definition) is 3. The van der Waals surface area contributed by atoms with Crippen LogP contribution in [0.25, 0.3) is 0 Å². The lowest BCUT2D eigenvalue weighted by molar-refractivity contribution is -0.128. The molecule has 2 unspecified atom stereocenters. The summed E-state index contributed by atoms with van der Waals surface area (Å²) in [6, 6.07) is 22.6. The van der Waals surface area contributed by atoms with Gasteiger partial charge in [0.15, 0.2) is 0 Å². The van der Waals surface area contributed by atoms with Crippen molar-refractivity contribution in [3.05, 3.63) is 94.0 Å². The fourth-order valence-electron chi connectivity index (χ4n) is 3.64. The first-order valence-corrected chi connectivity index (χ1v) is 11.9. The molecule has 0 spiro atoms. The van der Waals surface area contributed by atoms with E-state index in [9.17, 15) is 9.59 Å². The molecule has 4 nitrogen and oxygen atoms in total. The SMILES string of the molecule is CC(C(=O)NCc1ccccc1Cl)C1Sc2ccccc2N(Cc2ccccc2Cl)C1=O. The molecular weight excluding hydrogens is 463 g/mol. The van der Waals surface area contributed by atoms with E-state index in [4.69, 9.17) is 23.2 Å². The maximum atomic E-state index is 13.5. The zero-order valence-electron chi connectivity index (χ0n) is 17.4. The van der Waals surface area contributed by atoms with E-state index in [-0.39, 0.29) is 11.8 Å². The van der Waals surface area contributed by atoms with Crippen LogP contribution >= 0.6 is 35.0 Å². The molecule has 1 aliphatic rings. The van der Waals surface area contributed by atoms with Crippen LogP contribution < -0.4 is 10.2 Å². The summed E-state index contributed by atoms with van der Waals surface area (Å²) in [6.07, 6.45) is 0. The molecule has 3 aromatic carbocycles. The van der Waals surface area contributed by atoms with E-state index in [1.165, 1.54) is 11.8 Å². The molecule has 0 saturated carbocycles. The van der Waals surface area contributed by atoms with Crippen LogP contribution in [0.4, 0.5) is 5.69 Å². The fourth-order valence-corrected chi connectivity index (χ4v) is 5.32. The summed E-state index contributed by atoms with van der Waals surface area (Å²) >= 11 is 14.0. The van der Waals surface area contributed by atoms with Crippen LogP contribution in [0, 0.1) is 5.92 Å². The molecule has 2 atom stereocenters. The molecule has 1 aliphatic heterocycles. The van der Waals surface area contributed by atoms with Crippen molar-refractivity contribution in [2.75, 3.05) is 4.90 Å². The Kier molecular flexibility index (Phi) is 7.09. The fraction of sp³-hybridized carbons (Fsp3) is 0.200. The minimum atomic E-state index is -0.543. The van der Waals surface area contributed by atoms with Gasteiger partial charge in [0.25, 0.3) is 0 Å². The Hall–Kier alpha value is -2.47. The van der Waals surface area contributed by atoms with Crippen LogP contribution in [0.2, 0.25) is 10.0 Å². The number of thioether (sulfide) groups is 1. The Balaban J connectivity index is 1.55. The molecule has 0 fully saturated rings. The van der Waals surface area contributed by atoms with Crippen LogP contribution in [-0.4, -0.2) is 17.1 Å². The van der Waals surface area contributed by atoms with Crippen molar-refractivity contribution >= 4 is 52.5 Å². The van der Waals surface area contributed by atoms with E-state index in [2.05, 4.69) is 5.32 Å². The molecule has 0 radical (unpaired) electrons. The zero-order chi connectivity index (χ0) is 22.7. The van der Waals surface area contributed by atoms with Gasteiger partial charge in [-0.3, -0.25) is 9.59 Å². The van der Waals surface area contributed by atoms with Gasteiger partial charge in [0.05, 0.1) is 18.2 Å². The molecule has 4 rings (SSSR count). The first kappa shape index (κ1) is 22.7. The highest BCUT2D eigenvalue weighted by molar-refractivity contribution is 8.01. The largest absolute Gasteiger partial charge is 0.352 e. The molecule has 1 heterocycles. The van der Waals surface area contributed by atoms with Gasteiger partial charge < -0.3 is 10.2 Å². The third kappa shape index (κ3) is 4.80. The molecular formula is C25H22Cl2N2O2S. The average Bonchev–Trinajstić information content (AvgIpc) is 2.80. The number of halogens is 2. The van der Waals surface area contributed by atoms with Gasteiger partial charge in [0, 0.05) is 21.5 Å². The summed E-state index contributed by atoms with van der Waals surface area (Å²) in [5.74, 6) is -0.820. The van der Waals surface area contributed by atoms with Crippen molar-refractivity contribution in [2.45, 2.75) is 30.2 Å². The van der Waals surface area contributed by atoms with Crippen LogP contribution in [-0.2, 0) is 22.7 Å². The van der Waals surface area contributed by atoms with Gasteiger partial charge >= 0.3 is 0 Å². The predicted molar refractivity (Wildman–Crippen MR) is 131 cm³/mol. The van der Waals surface area contributed by atoms with Crippen molar-refractivity contribution < 1.29 is 9.59 Å². The van der Waals surface area contributed by atoms with Gasteiger partial charge in [-0.15, -0.1) is 11.8 Å². The molecule has 0 bridgehead atoms. The van der Waals surface area contributed by atoms with Crippen molar-refractivity contribution in [2.24, 2.45) is 5.92 Å². The average molecular weight is 485 g/mol. The van der Waals surface area contributed by atoms with E-state index in [1.807, 2.05) is 66.7 Å². The number of benzene rings is 3. The lowest BCUT2D eigenvalue weighted by Gasteiger charge is -2.36. The van der Waals surface area contributed by atoms with Gasteiger partial charge in [0.2, 0.25) is 11.8 Å². The van der Waals surface area contributed by atoms with Crippen LogP contribution in [0.5, 0.6) is 0 Å². The number of nitrogens with one attached hydrogen (secondary N) is 1. The van der Waals surface area contributed by atoms with E-state index in [1.54, 1.807) is 17.9 Å². The Morgan fingerprint density at radius 1 is 0.969 bits per heavy atom. The number of anilines is 1. The van der Waals surface area contributed by atoms with E-state index < -0.39 is 11.2 Å². The number of para-hydroxylation sites is 1. The summed E-state index contributed by atoms with van der Waals surface area (Å²) in [5.41, 5.74) is 2.53. The highest BCUT2D eigenvalue weighted by atomic mass is 35.5. The highest BCUT2D eigenvalue weighted by Gasteiger charge is 2.39. The van der Waals surface area contributed by atoms with Gasteiger partial charge in [-0.2, -0.15) is 0 Å². The molecule has 1 N–H and O–H groups in total. The summed E-state index contributed by atoms with van der Waals surface area (Å²) in [5, 5.41) is 3.59. The van der Waals surface area contributed by atoms with Crippen molar-refractivity contribution in [3.8, 4) is 0 Å². The van der Waals surface area contributed by atoms with E-state index in [0.717, 1.165) is 21.7 Å². The first-order chi connectivity index (χ1) is 15.5. The first-order valence-electron chi connectivity index (χ1n) is 10.3. The molecule has 164 valence electrons. The Morgan fingerprint density at radius 3 is 2.25 bits per heavy atom. The molecule has 0 aromatic heterocycles. The lowest BCUT2D eigenvalue weighted by Crippen LogP contribution is -2.47. The second-order valence-corrected chi connectivity index (χ2v) is 9.62. The second kappa shape index (κ2) is 9.99. The Bertz CT molecular complexity index is 1150. The number of rotatable bonds is 6. The van der Waals surface area contributed by atoms with Crippen LogP contribution in [0.3, 0.4) is 0 Å². The van der Waals surface area contributed by atoms with Crippen molar-refractivity contribution in [1.82, 2.24) is 5.32 Å². The molecule has 7 heteroatoms. The summed E-state index contributed by atoms with van der Waals surface area (Å²) < 4.78 is 0. The molecule has 0 saturated heterocycles. The maximum Gasteiger partial charge on any atom is 0.241 e. The summed E-state index contributed by atoms with van der Waals surface area (Å²) in [6.45, 7) is 2.45. The van der Waals surface area contributed by atoms with Crippen LogP contribution in [0.1, 0.15) is 18.1 Å². The van der Waals surface area contributed by atoms with Gasteiger partial charge in [-0.25, -0.2) is 0 Å². The van der Waals surface area contributed by atoms with Gasteiger partial charge in [0.1, 0.15) is 5.25 Å². The Labute approximate surface area is 201 Å². The predicted octanol–water partition coefficient (Wildman–Crippen LogP) is 5.95. The van der Waals surface area contributed by atoms with Crippen LogP contribution in [0.15, 0.2) is 77.7 Å². The number of amides is 2. The molecule has 3 aromatic rings. The monoisotopic (exact) mass is 484 g/mol. The smallest absolute Gasteiger partial charge is 0.241 e. The number of fused-ring (bicyclic) bond motifs is 1. The normalized spacial score (nSPS) is 16.4. The third-order valence-corrected chi connectivity index (χ3v) is 7.68. The van der Waals surface area contributed by atoms with E-state index >= 15 is 0 Å². The summed E-state index contributed by atoms with van der Waals surface area (Å²) in [4.78, 5) is 29.2. The second-order valence-electron chi connectivity index (χ2n) is 7.62. The zero-order valence-corrected chi connectivity index (χ0v) is 19.8. The van der Waals surface area contributed by atoms with E-state index in [0.29, 0.717) is 23.1 Å². The van der Waals surface area contributed by atoms with Gasteiger partial charge in [-0.05, 0) is 35.4 Å². The number of hydrogen-bond donors (Lipinski definition) is 1. The molecule has 32 heavy (non-hydrogen) atoms. The molecule has 2 amide bonds. The van der Waals surface area contributed by atoms with Gasteiger partial charge in [-0.1, -0.05) is 78.7 Å². The summed E-state index contributed by atoms with van der Waals surface area (Å²) in [7, 11) is 0. The number of nitrogens with zero attached hydrogens (tertiary/aromatic N) is 1. The Morgan fingerprint density at radius 2 is 1.56 bits per heavy atom. The van der Waals surface area contributed by atoms with Crippen molar-refractivity contribution in [3.63, 3.8) is 0 Å². The van der Waals surface area contributed by atoms with Crippen molar-refractivity contribution in [1.29, 1.82) is 0 Å². The molecule has 0 aliphatic carbocycles. The number of carbonyl (C=O) groups is 2. The minimum Gasteiger partial charge on any atom is -0.352 e. The standard InChI is InChI=1S/C25H22Cl2N2O2S/c1-16(24(30)28-14-17-8-2-4-10-19(17)26)23-25(31)29(15-18-9-3-5-11-20(18)27)21-12-6-7-13-22(21)32-23/h2-13,16,23H,14-15H2,1H3,(H,28,30). The maximum absolute atomic E-state index is 13.5. The minimum absolute atomic E-state index is 0.103.